The van der Waals surface area contributed by atoms with Gasteiger partial charge >= 0.3 is 5.97 Å². The number of hydrogen-bond acceptors (Lipinski definition) is 8. The molecule has 190 valence electrons. The summed E-state index contributed by atoms with van der Waals surface area (Å²) in [5.41, 5.74) is 2.82. The Morgan fingerprint density at radius 3 is 2.68 bits per heavy atom. The lowest BCUT2D eigenvalue weighted by atomic mass is 9.85. The number of nitriles is 1. The van der Waals surface area contributed by atoms with E-state index in [9.17, 15) is 20.0 Å². The molecule has 2 atom stereocenters. The van der Waals surface area contributed by atoms with Gasteiger partial charge in [-0.15, -0.1) is 0 Å². The molecular formula is C26H26ClN7O3. The van der Waals surface area contributed by atoms with E-state index in [0.717, 1.165) is 24.1 Å². The first-order valence-electron chi connectivity index (χ1n) is 12.0. The molecule has 1 spiro atoms. The lowest BCUT2D eigenvalue weighted by molar-refractivity contribution is -0.134. The number of carbonyl (C=O) groups is 2. The zero-order valence-corrected chi connectivity index (χ0v) is 21.5. The van der Waals surface area contributed by atoms with Gasteiger partial charge in [0.05, 0.1) is 28.2 Å². The first-order valence-corrected chi connectivity index (χ1v) is 12.4. The monoisotopic (exact) mass is 519 g/mol. The molecule has 0 radical (unpaired) electrons. The van der Waals surface area contributed by atoms with Gasteiger partial charge in [0.25, 0.3) is 0 Å². The van der Waals surface area contributed by atoms with E-state index in [1.54, 1.807) is 11.0 Å². The summed E-state index contributed by atoms with van der Waals surface area (Å²) >= 11 is 5.91. The summed E-state index contributed by atoms with van der Waals surface area (Å²) in [5.74, 6) is -0.588. The van der Waals surface area contributed by atoms with Crippen LogP contribution in [0.4, 0.5) is 11.5 Å². The van der Waals surface area contributed by atoms with Crippen LogP contribution in [0.5, 0.6) is 0 Å². The third kappa shape index (κ3) is 4.29. The summed E-state index contributed by atoms with van der Waals surface area (Å²) in [4.78, 5) is 41.9. The summed E-state index contributed by atoms with van der Waals surface area (Å²) in [6, 6.07) is 8.76. The highest BCUT2D eigenvalue weighted by molar-refractivity contribution is 6.29. The van der Waals surface area contributed by atoms with Crippen molar-refractivity contribution < 1.29 is 14.7 Å². The number of nitrogens with one attached hydrogen (secondary N) is 1. The Morgan fingerprint density at radius 2 is 2.00 bits per heavy atom. The van der Waals surface area contributed by atoms with Crippen molar-refractivity contribution in [2.45, 2.75) is 32.7 Å². The molecule has 1 amide bonds. The summed E-state index contributed by atoms with van der Waals surface area (Å²) in [6.45, 7) is 5.66. The fourth-order valence-corrected chi connectivity index (χ4v) is 5.55. The fourth-order valence-electron chi connectivity index (χ4n) is 5.40. The van der Waals surface area contributed by atoms with Crippen molar-refractivity contribution in [3.63, 3.8) is 0 Å². The van der Waals surface area contributed by atoms with E-state index in [4.69, 9.17) is 16.6 Å². The Labute approximate surface area is 218 Å². The second kappa shape index (κ2) is 9.16. The number of aryl methyl sites for hydroxylation is 1. The van der Waals surface area contributed by atoms with Crippen LogP contribution in [0.25, 0.3) is 11.0 Å². The molecule has 2 N–H and O–H groups in total. The summed E-state index contributed by atoms with van der Waals surface area (Å²) in [6.07, 6.45) is 1.50. The number of amides is 1. The summed E-state index contributed by atoms with van der Waals surface area (Å²) < 4.78 is 0. The van der Waals surface area contributed by atoms with Crippen molar-refractivity contribution in [1.29, 1.82) is 5.26 Å². The van der Waals surface area contributed by atoms with Crippen LogP contribution in [0, 0.1) is 23.7 Å². The van der Waals surface area contributed by atoms with Gasteiger partial charge in [-0.1, -0.05) is 17.7 Å². The van der Waals surface area contributed by atoms with Gasteiger partial charge in [0.15, 0.2) is 17.2 Å². The van der Waals surface area contributed by atoms with Gasteiger partial charge in [0.2, 0.25) is 5.91 Å². The lowest BCUT2D eigenvalue weighted by Crippen LogP contribution is -2.35. The summed E-state index contributed by atoms with van der Waals surface area (Å²) in [5, 5.41) is 22.8. The van der Waals surface area contributed by atoms with Crippen LogP contribution < -0.4 is 10.2 Å². The molecule has 11 heteroatoms. The number of nitrogens with zero attached hydrogens (tertiary/aromatic N) is 6. The van der Waals surface area contributed by atoms with Crippen LogP contribution in [0.1, 0.15) is 53.1 Å². The minimum atomic E-state index is -1.19. The van der Waals surface area contributed by atoms with E-state index >= 15 is 0 Å². The highest BCUT2D eigenvalue weighted by Crippen LogP contribution is 2.42. The standard InChI is InChI=1S/C26H26ClN7O3/c1-14-10-16(15(2)29-17-4-5-20(27)31-22(17)24(35)36)21-18(11-14)30-19(12-28)23(32-21)34-9-7-26(13-34)6-8-33(3)25(26)37/h4-5,10-11,15,29H,6-9,13H2,1-3H3,(H,35,36)/t15-,26?/m1/s1. The lowest BCUT2D eigenvalue weighted by Gasteiger charge is -2.24. The molecule has 0 saturated carbocycles. The Hall–Kier alpha value is -3.97. The van der Waals surface area contributed by atoms with Crippen LogP contribution >= 0.6 is 11.6 Å². The van der Waals surface area contributed by atoms with Crippen LogP contribution in [0.3, 0.4) is 0 Å². The number of rotatable bonds is 5. The van der Waals surface area contributed by atoms with Crippen molar-refractivity contribution in [2.24, 2.45) is 5.41 Å². The van der Waals surface area contributed by atoms with Gasteiger partial charge in [0.1, 0.15) is 11.2 Å². The van der Waals surface area contributed by atoms with E-state index in [2.05, 4.69) is 21.4 Å². The van der Waals surface area contributed by atoms with Crippen LogP contribution in [0.15, 0.2) is 24.3 Å². The van der Waals surface area contributed by atoms with E-state index < -0.39 is 11.4 Å². The molecule has 10 nitrogen and oxygen atoms in total. The first kappa shape index (κ1) is 24.7. The highest BCUT2D eigenvalue weighted by Gasteiger charge is 2.50. The number of anilines is 2. The molecule has 2 saturated heterocycles. The number of carboxylic acid groups (broad SMARTS) is 1. The molecular weight excluding hydrogens is 494 g/mol. The van der Waals surface area contributed by atoms with Crippen molar-refractivity contribution in [3.05, 3.63) is 51.9 Å². The van der Waals surface area contributed by atoms with Crippen LogP contribution in [0.2, 0.25) is 5.15 Å². The molecule has 1 aromatic carbocycles. The van der Waals surface area contributed by atoms with Crippen LogP contribution in [-0.2, 0) is 4.79 Å². The maximum Gasteiger partial charge on any atom is 0.356 e. The van der Waals surface area contributed by atoms with Gasteiger partial charge in [0, 0.05) is 32.2 Å². The molecule has 2 aromatic heterocycles. The average molecular weight is 520 g/mol. The van der Waals surface area contributed by atoms with Gasteiger partial charge in [-0.3, -0.25) is 4.79 Å². The largest absolute Gasteiger partial charge is 0.476 e. The number of aromatic carboxylic acids is 1. The minimum Gasteiger partial charge on any atom is -0.476 e. The smallest absolute Gasteiger partial charge is 0.356 e. The number of pyridine rings is 1. The molecule has 37 heavy (non-hydrogen) atoms. The molecule has 0 aliphatic carbocycles. The molecule has 0 bridgehead atoms. The third-order valence-electron chi connectivity index (χ3n) is 7.31. The molecule has 2 aliphatic rings. The number of halogens is 1. The van der Waals surface area contributed by atoms with Crippen molar-refractivity contribution >= 4 is 46.0 Å². The van der Waals surface area contributed by atoms with E-state index in [-0.39, 0.29) is 28.5 Å². The zero-order chi connectivity index (χ0) is 26.5. The summed E-state index contributed by atoms with van der Waals surface area (Å²) in [7, 11) is 1.82. The van der Waals surface area contributed by atoms with Gasteiger partial charge in [-0.05, 0) is 50.5 Å². The average Bonchev–Trinajstić information content (AvgIpc) is 3.42. The molecule has 1 unspecified atom stereocenters. The molecule has 2 fully saturated rings. The maximum absolute atomic E-state index is 12.9. The number of likely N-dealkylation sites (tertiary alicyclic amines) is 1. The quantitative estimate of drug-likeness (QED) is 0.482. The minimum absolute atomic E-state index is 0.0893. The molecule has 3 aromatic rings. The van der Waals surface area contributed by atoms with E-state index in [0.29, 0.717) is 42.0 Å². The maximum atomic E-state index is 12.9. The van der Waals surface area contributed by atoms with Gasteiger partial charge < -0.3 is 20.2 Å². The second-order valence-corrected chi connectivity index (χ2v) is 10.2. The van der Waals surface area contributed by atoms with E-state index in [1.165, 1.54) is 6.07 Å². The number of benzene rings is 1. The topological polar surface area (TPSA) is 135 Å². The Kier molecular flexibility index (Phi) is 6.12. The highest BCUT2D eigenvalue weighted by atomic mass is 35.5. The SMILES string of the molecule is Cc1cc([C@@H](C)Nc2ccc(Cl)nc2C(=O)O)c2nc(N3CCC4(CCN(C)C4=O)C3)c(C#N)nc2c1. The van der Waals surface area contributed by atoms with Crippen molar-refractivity contribution in [2.75, 3.05) is 36.9 Å². The molecule has 5 rings (SSSR count). The van der Waals surface area contributed by atoms with Crippen molar-refractivity contribution in [1.82, 2.24) is 19.9 Å². The molecule has 4 heterocycles. The molecule has 2 aliphatic heterocycles. The second-order valence-electron chi connectivity index (χ2n) is 9.86. The van der Waals surface area contributed by atoms with Crippen LogP contribution in [-0.4, -0.2) is 63.5 Å². The predicted molar refractivity (Wildman–Crippen MR) is 139 cm³/mol. The van der Waals surface area contributed by atoms with Gasteiger partial charge in [-0.25, -0.2) is 19.7 Å². The predicted octanol–water partition coefficient (Wildman–Crippen LogP) is 3.79. The Balaban J connectivity index is 1.55. The van der Waals surface area contributed by atoms with E-state index in [1.807, 2.05) is 37.9 Å². The Bertz CT molecular complexity index is 1490. The number of aromatic nitrogens is 3. The van der Waals surface area contributed by atoms with Crippen molar-refractivity contribution in [3.8, 4) is 6.07 Å². The normalized spacial score (nSPS) is 20.0. The fraction of sp³-hybridized carbons (Fsp3) is 0.385. The number of hydrogen-bond donors (Lipinski definition) is 2. The number of carbonyl (C=O) groups excluding carboxylic acids is 1. The Morgan fingerprint density at radius 1 is 1.24 bits per heavy atom. The zero-order valence-electron chi connectivity index (χ0n) is 20.7. The van der Waals surface area contributed by atoms with Gasteiger partial charge in [-0.2, -0.15) is 5.26 Å². The first-order chi connectivity index (χ1) is 17.6. The third-order valence-corrected chi connectivity index (χ3v) is 7.52. The number of fused-ring (bicyclic) bond motifs is 1. The number of carboxylic acids is 1.